The maximum Gasteiger partial charge on any atom is 0.276 e. The average Bonchev–Trinajstić information content (AvgIpc) is 3.03. The van der Waals surface area contributed by atoms with Crippen LogP contribution in [0.5, 0.6) is 5.75 Å². The molecule has 0 aliphatic carbocycles. The van der Waals surface area contributed by atoms with Gasteiger partial charge in [0.05, 0.1) is 5.69 Å². The smallest absolute Gasteiger partial charge is 0.276 e. The van der Waals surface area contributed by atoms with Crippen molar-refractivity contribution in [2.24, 2.45) is 0 Å². The fourth-order valence-electron chi connectivity index (χ4n) is 2.94. The van der Waals surface area contributed by atoms with Crippen LogP contribution in [0.25, 0.3) is 0 Å². The number of aryl methyl sites for hydroxylation is 2. The first-order valence-electron chi connectivity index (χ1n) is 9.34. The molecule has 2 amide bonds. The van der Waals surface area contributed by atoms with Gasteiger partial charge < -0.3 is 4.74 Å². The van der Waals surface area contributed by atoms with E-state index in [0.29, 0.717) is 12.2 Å². The van der Waals surface area contributed by atoms with Gasteiger partial charge in [-0.2, -0.15) is 5.10 Å². The van der Waals surface area contributed by atoms with Crippen LogP contribution in [0.2, 0.25) is 0 Å². The third-order valence-electron chi connectivity index (χ3n) is 4.31. The van der Waals surface area contributed by atoms with Crippen molar-refractivity contribution >= 4 is 11.8 Å². The molecular weight excluding hydrogens is 368 g/mol. The molecule has 3 aromatic rings. The predicted octanol–water partition coefficient (Wildman–Crippen LogP) is 2.32. The molecule has 1 heterocycles. The molecule has 0 spiro atoms. The van der Waals surface area contributed by atoms with Crippen molar-refractivity contribution in [2.75, 3.05) is 6.61 Å². The van der Waals surface area contributed by atoms with E-state index in [-0.39, 0.29) is 19.1 Å². The van der Waals surface area contributed by atoms with Gasteiger partial charge in [-0.1, -0.05) is 48.5 Å². The molecule has 0 unspecified atom stereocenters. The summed E-state index contributed by atoms with van der Waals surface area (Å²) in [5, 5.41) is 4.22. The van der Waals surface area contributed by atoms with Crippen LogP contribution in [0.4, 0.5) is 0 Å². The standard InChI is InChI=1S/C22H24N4O3/c1-16-12-17(2)26(25-16)14-21(27)23-24-22(28)15-29-20-11-7-6-10-19(20)13-18-8-4-3-5-9-18/h3-12H,13-15H2,1-2H3,(H,23,27)(H,24,28). The lowest BCUT2D eigenvalue weighted by atomic mass is 10.0. The summed E-state index contributed by atoms with van der Waals surface area (Å²) in [7, 11) is 0. The van der Waals surface area contributed by atoms with E-state index in [4.69, 9.17) is 4.74 Å². The molecule has 7 heteroatoms. The lowest BCUT2D eigenvalue weighted by molar-refractivity contribution is -0.130. The molecule has 150 valence electrons. The fraction of sp³-hybridized carbons (Fsp3) is 0.227. The molecule has 2 aromatic carbocycles. The number of benzene rings is 2. The minimum Gasteiger partial charge on any atom is -0.483 e. The Morgan fingerprint density at radius 3 is 2.38 bits per heavy atom. The second-order valence-corrected chi connectivity index (χ2v) is 6.74. The third kappa shape index (κ3) is 5.93. The lowest BCUT2D eigenvalue weighted by Crippen LogP contribution is -2.45. The van der Waals surface area contributed by atoms with E-state index in [0.717, 1.165) is 22.5 Å². The van der Waals surface area contributed by atoms with Crippen LogP contribution < -0.4 is 15.6 Å². The zero-order valence-corrected chi connectivity index (χ0v) is 16.5. The minimum atomic E-state index is -0.443. The molecule has 29 heavy (non-hydrogen) atoms. The van der Waals surface area contributed by atoms with E-state index >= 15 is 0 Å². The highest BCUT2D eigenvalue weighted by atomic mass is 16.5. The monoisotopic (exact) mass is 392 g/mol. The Morgan fingerprint density at radius 2 is 1.66 bits per heavy atom. The van der Waals surface area contributed by atoms with Gasteiger partial charge in [-0.3, -0.25) is 25.1 Å². The Bertz CT molecular complexity index is 983. The summed E-state index contributed by atoms with van der Waals surface area (Å²) < 4.78 is 7.24. The van der Waals surface area contributed by atoms with Crippen molar-refractivity contribution in [3.63, 3.8) is 0 Å². The zero-order valence-electron chi connectivity index (χ0n) is 16.5. The van der Waals surface area contributed by atoms with Crippen LogP contribution in [0.1, 0.15) is 22.5 Å². The second kappa shape index (κ2) is 9.54. The van der Waals surface area contributed by atoms with Gasteiger partial charge in [0.25, 0.3) is 11.8 Å². The van der Waals surface area contributed by atoms with Crippen molar-refractivity contribution in [2.45, 2.75) is 26.8 Å². The Labute approximate surface area is 169 Å². The summed E-state index contributed by atoms with van der Waals surface area (Å²) >= 11 is 0. The molecule has 2 N–H and O–H groups in total. The van der Waals surface area contributed by atoms with E-state index < -0.39 is 5.91 Å². The number of aromatic nitrogens is 2. The van der Waals surface area contributed by atoms with Gasteiger partial charge in [0.2, 0.25) is 0 Å². The Morgan fingerprint density at radius 1 is 0.966 bits per heavy atom. The number of nitrogens with zero attached hydrogens (tertiary/aromatic N) is 2. The first-order chi connectivity index (χ1) is 14.0. The normalized spacial score (nSPS) is 10.4. The highest BCUT2D eigenvalue weighted by Gasteiger charge is 2.10. The number of hydrogen-bond acceptors (Lipinski definition) is 4. The quantitative estimate of drug-likeness (QED) is 0.605. The van der Waals surface area contributed by atoms with Crippen LogP contribution >= 0.6 is 0 Å². The molecule has 1 aromatic heterocycles. The van der Waals surface area contributed by atoms with Gasteiger partial charge in [-0.05, 0) is 37.1 Å². The maximum atomic E-state index is 12.0. The SMILES string of the molecule is Cc1cc(C)n(CC(=O)NNC(=O)COc2ccccc2Cc2ccccc2)n1. The summed E-state index contributed by atoms with van der Waals surface area (Å²) in [5.74, 6) is -0.171. The van der Waals surface area contributed by atoms with Crippen LogP contribution in [-0.4, -0.2) is 28.2 Å². The third-order valence-corrected chi connectivity index (χ3v) is 4.31. The second-order valence-electron chi connectivity index (χ2n) is 6.74. The molecule has 0 aliphatic heterocycles. The van der Waals surface area contributed by atoms with Crippen molar-refractivity contribution < 1.29 is 14.3 Å². The van der Waals surface area contributed by atoms with Crippen molar-refractivity contribution in [3.8, 4) is 5.75 Å². The number of rotatable bonds is 7. The first kappa shape index (κ1) is 20.1. The largest absolute Gasteiger partial charge is 0.483 e. The van der Waals surface area contributed by atoms with Gasteiger partial charge in [-0.25, -0.2) is 0 Å². The molecule has 0 bridgehead atoms. The number of carbonyl (C=O) groups excluding carboxylic acids is 2. The molecule has 0 radical (unpaired) electrons. The highest BCUT2D eigenvalue weighted by Crippen LogP contribution is 2.21. The van der Waals surface area contributed by atoms with Crippen LogP contribution in [0.15, 0.2) is 60.7 Å². The summed E-state index contributed by atoms with van der Waals surface area (Å²) in [6.45, 7) is 3.55. The lowest BCUT2D eigenvalue weighted by Gasteiger charge is -2.12. The molecule has 0 saturated heterocycles. The topological polar surface area (TPSA) is 85.2 Å². The van der Waals surface area contributed by atoms with Gasteiger partial charge >= 0.3 is 0 Å². The zero-order chi connectivity index (χ0) is 20.6. The molecule has 0 saturated carbocycles. The van der Waals surface area contributed by atoms with E-state index in [1.54, 1.807) is 4.68 Å². The van der Waals surface area contributed by atoms with Crippen LogP contribution in [-0.2, 0) is 22.6 Å². The maximum absolute atomic E-state index is 12.0. The number of hydrogen-bond donors (Lipinski definition) is 2. The van der Waals surface area contributed by atoms with E-state index in [9.17, 15) is 9.59 Å². The van der Waals surface area contributed by atoms with E-state index in [2.05, 4.69) is 16.0 Å². The molecule has 3 rings (SSSR count). The highest BCUT2D eigenvalue weighted by molar-refractivity contribution is 5.82. The Kier molecular flexibility index (Phi) is 6.63. The number of carbonyl (C=O) groups is 2. The van der Waals surface area contributed by atoms with Gasteiger partial charge in [-0.15, -0.1) is 0 Å². The number of nitrogens with one attached hydrogen (secondary N) is 2. The number of amides is 2. The van der Waals surface area contributed by atoms with E-state index in [1.165, 1.54) is 0 Å². The summed E-state index contributed by atoms with van der Waals surface area (Å²) in [4.78, 5) is 24.0. The van der Waals surface area contributed by atoms with Crippen molar-refractivity contribution in [1.29, 1.82) is 0 Å². The predicted molar refractivity (Wildman–Crippen MR) is 109 cm³/mol. The first-order valence-corrected chi connectivity index (χ1v) is 9.34. The summed E-state index contributed by atoms with van der Waals surface area (Å²) in [6, 6.07) is 19.5. The van der Waals surface area contributed by atoms with Gasteiger partial charge in [0, 0.05) is 12.1 Å². The number of hydrazine groups is 1. The number of ether oxygens (including phenoxy) is 1. The number of para-hydroxylation sites is 1. The molecule has 7 nitrogen and oxygen atoms in total. The molecule has 0 atom stereocenters. The van der Waals surface area contributed by atoms with Gasteiger partial charge in [0.1, 0.15) is 12.3 Å². The molecular formula is C22H24N4O3. The van der Waals surface area contributed by atoms with Gasteiger partial charge in [0.15, 0.2) is 6.61 Å². The summed E-state index contributed by atoms with van der Waals surface area (Å²) in [6.07, 6.45) is 0.706. The van der Waals surface area contributed by atoms with Crippen molar-refractivity contribution in [1.82, 2.24) is 20.6 Å². The van der Waals surface area contributed by atoms with Crippen LogP contribution in [0.3, 0.4) is 0 Å². The summed E-state index contributed by atoms with van der Waals surface area (Å²) in [5.41, 5.74) is 8.60. The van der Waals surface area contributed by atoms with Crippen LogP contribution in [0, 0.1) is 13.8 Å². The van der Waals surface area contributed by atoms with Crippen molar-refractivity contribution in [3.05, 3.63) is 83.2 Å². The van der Waals surface area contributed by atoms with E-state index in [1.807, 2.05) is 74.5 Å². The Hall–Kier alpha value is -3.61. The molecule has 0 aliphatic rings. The molecule has 0 fully saturated rings. The fourth-order valence-corrected chi connectivity index (χ4v) is 2.94. The average molecular weight is 392 g/mol. The minimum absolute atomic E-state index is 0.0285. The Balaban J connectivity index is 1.48.